The number of halogens is 1. The SMILES string of the molecule is Fc1ccccc1CNc1ncc2ccsc2n1. The van der Waals surface area contributed by atoms with Gasteiger partial charge in [0.15, 0.2) is 0 Å². The van der Waals surface area contributed by atoms with E-state index in [1.54, 1.807) is 29.7 Å². The van der Waals surface area contributed by atoms with Crippen LogP contribution < -0.4 is 5.32 Å². The zero-order valence-electron chi connectivity index (χ0n) is 9.43. The Bertz CT molecular complexity index is 681. The number of nitrogens with one attached hydrogen (secondary N) is 1. The van der Waals surface area contributed by atoms with Gasteiger partial charge in [-0.05, 0) is 17.5 Å². The quantitative estimate of drug-likeness (QED) is 0.783. The Hall–Kier alpha value is -2.01. The molecule has 5 heteroatoms. The van der Waals surface area contributed by atoms with E-state index in [0.29, 0.717) is 18.1 Å². The molecule has 3 nitrogen and oxygen atoms in total. The summed E-state index contributed by atoms with van der Waals surface area (Å²) in [7, 11) is 0. The molecule has 0 aliphatic rings. The summed E-state index contributed by atoms with van der Waals surface area (Å²) in [5.41, 5.74) is 0.604. The molecule has 0 aliphatic heterocycles. The van der Waals surface area contributed by atoms with Gasteiger partial charge in [0.05, 0.1) is 0 Å². The van der Waals surface area contributed by atoms with Gasteiger partial charge in [-0.3, -0.25) is 0 Å². The molecule has 1 aromatic carbocycles. The highest BCUT2D eigenvalue weighted by atomic mass is 32.1. The fourth-order valence-corrected chi connectivity index (χ4v) is 2.40. The Balaban J connectivity index is 1.78. The Morgan fingerprint density at radius 1 is 1.22 bits per heavy atom. The van der Waals surface area contributed by atoms with E-state index in [1.165, 1.54) is 6.07 Å². The maximum absolute atomic E-state index is 13.4. The van der Waals surface area contributed by atoms with Gasteiger partial charge in [-0.2, -0.15) is 0 Å². The predicted molar refractivity (Wildman–Crippen MR) is 71.1 cm³/mol. The van der Waals surface area contributed by atoms with Gasteiger partial charge in [-0.15, -0.1) is 11.3 Å². The number of nitrogens with zero attached hydrogens (tertiary/aromatic N) is 2. The largest absolute Gasteiger partial charge is 0.350 e. The lowest BCUT2D eigenvalue weighted by Crippen LogP contribution is -2.04. The molecule has 0 unspecified atom stereocenters. The van der Waals surface area contributed by atoms with Gasteiger partial charge < -0.3 is 5.32 Å². The van der Waals surface area contributed by atoms with Crippen LogP contribution in [0.4, 0.5) is 10.3 Å². The Labute approximate surface area is 107 Å². The zero-order chi connectivity index (χ0) is 12.4. The van der Waals surface area contributed by atoms with Crippen LogP contribution in [0.3, 0.4) is 0 Å². The fraction of sp³-hybridized carbons (Fsp3) is 0.0769. The minimum absolute atomic E-state index is 0.220. The van der Waals surface area contributed by atoms with E-state index >= 15 is 0 Å². The third kappa shape index (κ3) is 2.17. The number of thiophene rings is 1. The first-order valence-electron chi connectivity index (χ1n) is 5.50. The molecule has 0 saturated heterocycles. The summed E-state index contributed by atoms with van der Waals surface area (Å²) in [4.78, 5) is 9.47. The molecule has 0 bridgehead atoms. The highest BCUT2D eigenvalue weighted by molar-refractivity contribution is 7.16. The summed E-state index contributed by atoms with van der Waals surface area (Å²) >= 11 is 1.56. The van der Waals surface area contributed by atoms with Crippen LogP contribution >= 0.6 is 11.3 Å². The Morgan fingerprint density at radius 2 is 2.11 bits per heavy atom. The van der Waals surface area contributed by atoms with Crippen molar-refractivity contribution in [2.45, 2.75) is 6.54 Å². The topological polar surface area (TPSA) is 37.8 Å². The first-order valence-corrected chi connectivity index (χ1v) is 6.38. The molecule has 3 aromatic rings. The molecule has 90 valence electrons. The van der Waals surface area contributed by atoms with Gasteiger partial charge in [0.25, 0.3) is 0 Å². The molecule has 0 atom stereocenters. The van der Waals surface area contributed by atoms with Crippen molar-refractivity contribution in [1.82, 2.24) is 9.97 Å². The van der Waals surface area contributed by atoms with Crippen molar-refractivity contribution in [3.05, 3.63) is 53.3 Å². The van der Waals surface area contributed by atoms with E-state index in [1.807, 2.05) is 17.5 Å². The number of rotatable bonds is 3. The first kappa shape index (κ1) is 11.1. The minimum atomic E-state index is -0.220. The van der Waals surface area contributed by atoms with Crippen molar-refractivity contribution in [2.24, 2.45) is 0 Å². The molecule has 0 fully saturated rings. The normalized spacial score (nSPS) is 10.7. The van der Waals surface area contributed by atoms with Crippen LogP contribution in [0.25, 0.3) is 10.2 Å². The summed E-state index contributed by atoms with van der Waals surface area (Å²) < 4.78 is 13.4. The van der Waals surface area contributed by atoms with Crippen molar-refractivity contribution >= 4 is 27.5 Å². The average Bonchev–Trinajstić information content (AvgIpc) is 2.85. The smallest absolute Gasteiger partial charge is 0.224 e. The van der Waals surface area contributed by atoms with Gasteiger partial charge in [-0.1, -0.05) is 18.2 Å². The van der Waals surface area contributed by atoms with E-state index in [0.717, 1.165) is 10.2 Å². The standard InChI is InChI=1S/C13H10FN3S/c14-11-4-2-1-3-9(11)7-15-13-16-8-10-5-6-18-12(10)17-13/h1-6,8H,7H2,(H,15,16,17). The fourth-order valence-electron chi connectivity index (χ4n) is 1.66. The molecule has 3 rings (SSSR count). The molecule has 0 spiro atoms. The predicted octanol–water partition coefficient (Wildman–Crippen LogP) is 3.44. The van der Waals surface area contributed by atoms with Crippen molar-refractivity contribution in [3.63, 3.8) is 0 Å². The highest BCUT2D eigenvalue weighted by Gasteiger charge is 2.03. The van der Waals surface area contributed by atoms with E-state index in [9.17, 15) is 4.39 Å². The van der Waals surface area contributed by atoms with E-state index in [2.05, 4.69) is 15.3 Å². The molecule has 0 radical (unpaired) electrons. The van der Waals surface area contributed by atoms with Crippen LogP contribution in [0.5, 0.6) is 0 Å². The van der Waals surface area contributed by atoms with Gasteiger partial charge in [-0.25, -0.2) is 14.4 Å². The average molecular weight is 259 g/mol. The molecule has 2 heterocycles. The lowest BCUT2D eigenvalue weighted by molar-refractivity contribution is 0.612. The lowest BCUT2D eigenvalue weighted by atomic mass is 10.2. The highest BCUT2D eigenvalue weighted by Crippen LogP contribution is 2.18. The third-order valence-corrected chi connectivity index (χ3v) is 3.42. The maximum atomic E-state index is 13.4. The van der Waals surface area contributed by atoms with Gasteiger partial charge in [0, 0.05) is 23.7 Å². The number of fused-ring (bicyclic) bond motifs is 1. The van der Waals surface area contributed by atoms with Crippen molar-refractivity contribution in [1.29, 1.82) is 0 Å². The monoisotopic (exact) mass is 259 g/mol. The van der Waals surface area contributed by atoms with Crippen molar-refractivity contribution < 1.29 is 4.39 Å². The summed E-state index contributed by atoms with van der Waals surface area (Å²) in [6.45, 7) is 0.379. The van der Waals surface area contributed by atoms with Gasteiger partial charge in [0.2, 0.25) is 5.95 Å². The minimum Gasteiger partial charge on any atom is -0.350 e. The van der Waals surface area contributed by atoms with Crippen LogP contribution in [0.15, 0.2) is 41.9 Å². The molecule has 0 aliphatic carbocycles. The van der Waals surface area contributed by atoms with E-state index in [4.69, 9.17) is 0 Å². The van der Waals surface area contributed by atoms with Gasteiger partial charge >= 0.3 is 0 Å². The second-order valence-electron chi connectivity index (χ2n) is 3.82. The van der Waals surface area contributed by atoms with Crippen LogP contribution in [-0.4, -0.2) is 9.97 Å². The lowest BCUT2D eigenvalue weighted by Gasteiger charge is -2.05. The number of hydrogen-bond acceptors (Lipinski definition) is 4. The Kier molecular flexibility index (Phi) is 2.90. The zero-order valence-corrected chi connectivity index (χ0v) is 10.2. The van der Waals surface area contributed by atoms with Crippen LogP contribution in [0.2, 0.25) is 0 Å². The number of anilines is 1. The second kappa shape index (κ2) is 4.70. The van der Waals surface area contributed by atoms with Gasteiger partial charge in [0.1, 0.15) is 10.6 Å². The molecule has 2 aromatic heterocycles. The van der Waals surface area contributed by atoms with Crippen molar-refractivity contribution in [3.8, 4) is 0 Å². The summed E-state index contributed by atoms with van der Waals surface area (Å²) in [6, 6.07) is 8.64. The van der Waals surface area contributed by atoms with Crippen LogP contribution in [0.1, 0.15) is 5.56 Å². The first-order chi connectivity index (χ1) is 8.83. The number of benzene rings is 1. The summed E-state index contributed by atoms with van der Waals surface area (Å²) in [5, 5.41) is 6.02. The number of aromatic nitrogens is 2. The molecule has 0 amide bonds. The van der Waals surface area contributed by atoms with Crippen LogP contribution in [0, 0.1) is 5.82 Å². The molecule has 18 heavy (non-hydrogen) atoms. The van der Waals surface area contributed by atoms with Crippen molar-refractivity contribution in [2.75, 3.05) is 5.32 Å². The van der Waals surface area contributed by atoms with E-state index in [-0.39, 0.29) is 5.82 Å². The molecule has 1 N–H and O–H groups in total. The van der Waals surface area contributed by atoms with E-state index < -0.39 is 0 Å². The summed E-state index contributed by atoms with van der Waals surface area (Å²) in [5.74, 6) is 0.301. The second-order valence-corrected chi connectivity index (χ2v) is 4.71. The molecular weight excluding hydrogens is 249 g/mol. The molecule has 0 saturated carbocycles. The van der Waals surface area contributed by atoms with Crippen LogP contribution in [-0.2, 0) is 6.54 Å². The third-order valence-electron chi connectivity index (χ3n) is 2.60. The number of hydrogen-bond donors (Lipinski definition) is 1. The maximum Gasteiger partial charge on any atom is 0.224 e. The molecular formula is C13H10FN3S. The summed E-state index contributed by atoms with van der Waals surface area (Å²) in [6.07, 6.45) is 1.77. The Morgan fingerprint density at radius 3 is 3.00 bits per heavy atom.